The molecule has 0 spiro atoms. The lowest BCUT2D eigenvalue weighted by Crippen LogP contribution is -2.45. The minimum Gasteiger partial charge on any atom is -0.480 e. The number of amides is 1. The van der Waals surface area contributed by atoms with Gasteiger partial charge < -0.3 is 14.6 Å². The highest BCUT2D eigenvalue weighted by molar-refractivity contribution is 5.87. The molecule has 1 heterocycles. The molecule has 1 fully saturated rings. The summed E-state index contributed by atoms with van der Waals surface area (Å²) in [5.74, 6) is -0.604. The SMILES string of the molecule is O=C(O)Cn1c2c(c3cc(F)ccc31)CC(N(CC1CC1)C(=O)CC(c1ccccc1)c1ccccc1)CC2. The molecule has 1 N–H and O–H groups in total. The first-order valence-electron chi connectivity index (χ1n) is 13.9. The van der Waals surface area contributed by atoms with Gasteiger partial charge in [0, 0.05) is 41.5 Å². The summed E-state index contributed by atoms with van der Waals surface area (Å²) in [4.78, 5) is 27.9. The number of carboxylic acid groups (broad SMARTS) is 1. The van der Waals surface area contributed by atoms with Crippen LogP contribution < -0.4 is 0 Å². The molecule has 200 valence electrons. The molecule has 2 aliphatic rings. The van der Waals surface area contributed by atoms with Crippen LogP contribution in [0.5, 0.6) is 0 Å². The average Bonchev–Trinajstić information content (AvgIpc) is 3.73. The van der Waals surface area contributed by atoms with Crippen LogP contribution in [0.2, 0.25) is 0 Å². The van der Waals surface area contributed by atoms with Crippen LogP contribution in [0, 0.1) is 11.7 Å². The van der Waals surface area contributed by atoms with Crippen molar-refractivity contribution < 1.29 is 19.1 Å². The number of fused-ring (bicyclic) bond motifs is 3. The third-order valence-electron chi connectivity index (χ3n) is 8.39. The number of nitrogens with zero attached hydrogens (tertiary/aromatic N) is 2. The Kier molecular flexibility index (Phi) is 6.94. The van der Waals surface area contributed by atoms with Crippen molar-refractivity contribution in [1.82, 2.24) is 9.47 Å². The molecule has 0 radical (unpaired) electrons. The van der Waals surface area contributed by atoms with Crippen LogP contribution in [0.4, 0.5) is 4.39 Å². The van der Waals surface area contributed by atoms with E-state index < -0.39 is 5.97 Å². The van der Waals surface area contributed by atoms with Crippen LogP contribution in [0.15, 0.2) is 78.9 Å². The topological polar surface area (TPSA) is 62.5 Å². The number of carboxylic acids is 1. The lowest BCUT2D eigenvalue weighted by molar-refractivity contribution is -0.137. The highest BCUT2D eigenvalue weighted by atomic mass is 19.1. The Labute approximate surface area is 227 Å². The second-order valence-corrected chi connectivity index (χ2v) is 11.0. The van der Waals surface area contributed by atoms with Crippen molar-refractivity contribution in [3.8, 4) is 0 Å². The van der Waals surface area contributed by atoms with Gasteiger partial charge in [-0.25, -0.2) is 4.39 Å². The van der Waals surface area contributed by atoms with Crippen LogP contribution >= 0.6 is 0 Å². The molecule has 5 nitrogen and oxygen atoms in total. The highest BCUT2D eigenvalue weighted by Gasteiger charge is 2.36. The number of hydrogen-bond acceptors (Lipinski definition) is 2. The van der Waals surface area contributed by atoms with Crippen LogP contribution in [-0.2, 0) is 29.0 Å². The van der Waals surface area contributed by atoms with E-state index in [2.05, 4.69) is 29.2 Å². The van der Waals surface area contributed by atoms with Gasteiger partial charge in [0.2, 0.25) is 5.91 Å². The quantitative estimate of drug-likeness (QED) is 0.284. The Hall–Kier alpha value is -3.93. The first-order valence-corrected chi connectivity index (χ1v) is 13.9. The molecule has 39 heavy (non-hydrogen) atoms. The number of carbonyl (C=O) groups excluding carboxylic acids is 1. The predicted molar refractivity (Wildman–Crippen MR) is 149 cm³/mol. The van der Waals surface area contributed by atoms with Crippen molar-refractivity contribution in [3.05, 3.63) is 107 Å². The smallest absolute Gasteiger partial charge is 0.323 e. The zero-order valence-electron chi connectivity index (χ0n) is 21.9. The standard InChI is InChI=1S/C33H33FN2O3/c34-25-13-15-30-28(17-25)29-18-26(14-16-31(29)36(30)21-33(38)39)35(20-22-11-12-22)32(37)19-27(23-7-3-1-4-8-23)24-9-5-2-6-10-24/h1-10,13,15,17,22,26-27H,11-12,14,16,18-21H2,(H,38,39). The van der Waals surface area contributed by atoms with Crippen LogP contribution in [0.1, 0.15) is 54.0 Å². The van der Waals surface area contributed by atoms with Crippen molar-refractivity contribution in [2.75, 3.05) is 6.54 Å². The Morgan fingerprint density at radius 3 is 2.23 bits per heavy atom. The maximum atomic E-state index is 14.3. The fourth-order valence-electron chi connectivity index (χ4n) is 6.31. The number of carbonyl (C=O) groups is 2. The highest BCUT2D eigenvalue weighted by Crippen LogP contribution is 2.38. The van der Waals surface area contributed by atoms with Crippen molar-refractivity contribution in [2.45, 2.75) is 57.0 Å². The molecule has 1 saturated carbocycles. The summed E-state index contributed by atoms with van der Waals surface area (Å²) in [6, 6.07) is 25.0. The summed E-state index contributed by atoms with van der Waals surface area (Å²) in [5.41, 5.74) is 4.94. The van der Waals surface area contributed by atoms with Gasteiger partial charge in [-0.15, -0.1) is 0 Å². The minimum absolute atomic E-state index is 0.00458. The number of rotatable bonds is 9. The van der Waals surface area contributed by atoms with Crippen molar-refractivity contribution >= 4 is 22.8 Å². The van der Waals surface area contributed by atoms with E-state index >= 15 is 0 Å². The van der Waals surface area contributed by atoms with Crippen molar-refractivity contribution in [1.29, 1.82) is 0 Å². The number of hydrogen-bond donors (Lipinski definition) is 1. The van der Waals surface area contributed by atoms with Gasteiger partial charge in [-0.3, -0.25) is 9.59 Å². The molecular weight excluding hydrogens is 491 g/mol. The van der Waals surface area contributed by atoms with Gasteiger partial charge in [0.05, 0.1) is 0 Å². The largest absolute Gasteiger partial charge is 0.480 e. The monoisotopic (exact) mass is 524 g/mol. The van der Waals surface area contributed by atoms with Gasteiger partial charge in [-0.1, -0.05) is 60.7 Å². The first kappa shape index (κ1) is 25.4. The summed E-state index contributed by atoms with van der Waals surface area (Å²) in [7, 11) is 0. The molecule has 6 heteroatoms. The lowest BCUT2D eigenvalue weighted by atomic mass is 9.86. The van der Waals surface area contributed by atoms with Crippen LogP contribution in [-0.4, -0.2) is 39.0 Å². The fraction of sp³-hybridized carbons (Fsp3) is 0.333. The molecule has 2 aliphatic carbocycles. The van der Waals surface area contributed by atoms with E-state index in [-0.39, 0.29) is 30.2 Å². The summed E-state index contributed by atoms with van der Waals surface area (Å²) in [6.07, 6.45) is 4.72. The van der Waals surface area contributed by atoms with Crippen LogP contribution in [0.25, 0.3) is 10.9 Å². The van der Waals surface area contributed by atoms with E-state index in [0.29, 0.717) is 25.2 Å². The third kappa shape index (κ3) is 5.33. The van der Waals surface area contributed by atoms with E-state index in [4.69, 9.17) is 0 Å². The maximum Gasteiger partial charge on any atom is 0.323 e. The molecule has 0 bridgehead atoms. The molecule has 1 aromatic heterocycles. The molecule has 1 atom stereocenters. The van der Waals surface area contributed by atoms with E-state index in [1.807, 2.05) is 41.0 Å². The van der Waals surface area contributed by atoms with Gasteiger partial charge in [-0.2, -0.15) is 0 Å². The van der Waals surface area contributed by atoms with Gasteiger partial charge in [-0.05, 0) is 72.9 Å². The Morgan fingerprint density at radius 1 is 0.949 bits per heavy atom. The van der Waals surface area contributed by atoms with Crippen LogP contribution in [0.3, 0.4) is 0 Å². The summed E-state index contributed by atoms with van der Waals surface area (Å²) < 4.78 is 16.1. The Morgan fingerprint density at radius 2 is 1.62 bits per heavy atom. The average molecular weight is 525 g/mol. The summed E-state index contributed by atoms with van der Waals surface area (Å²) >= 11 is 0. The van der Waals surface area contributed by atoms with Crippen molar-refractivity contribution in [3.63, 3.8) is 0 Å². The Balaban J connectivity index is 1.32. The maximum absolute atomic E-state index is 14.3. The van der Waals surface area contributed by atoms with E-state index in [1.54, 1.807) is 6.07 Å². The molecule has 3 aromatic carbocycles. The number of aromatic nitrogens is 1. The second-order valence-electron chi connectivity index (χ2n) is 11.0. The number of aliphatic carboxylic acids is 1. The molecule has 0 aliphatic heterocycles. The zero-order valence-corrected chi connectivity index (χ0v) is 21.9. The third-order valence-corrected chi connectivity index (χ3v) is 8.39. The van der Waals surface area contributed by atoms with Gasteiger partial charge in [0.25, 0.3) is 0 Å². The molecule has 1 unspecified atom stereocenters. The zero-order chi connectivity index (χ0) is 26.9. The summed E-state index contributed by atoms with van der Waals surface area (Å²) in [5, 5.41) is 10.3. The molecule has 0 saturated heterocycles. The number of halogens is 1. The molecule has 1 amide bonds. The van der Waals surface area contributed by atoms with Gasteiger partial charge in [0.15, 0.2) is 0 Å². The molecular formula is C33H33FN2O3. The molecule has 6 rings (SSSR count). The first-order chi connectivity index (χ1) is 19.0. The normalized spacial score (nSPS) is 16.8. The number of benzene rings is 3. The Bertz CT molecular complexity index is 1450. The van der Waals surface area contributed by atoms with E-state index in [9.17, 15) is 19.1 Å². The van der Waals surface area contributed by atoms with Gasteiger partial charge >= 0.3 is 5.97 Å². The fourth-order valence-corrected chi connectivity index (χ4v) is 6.31. The van der Waals surface area contributed by atoms with E-state index in [0.717, 1.165) is 59.1 Å². The van der Waals surface area contributed by atoms with E-state index in [1.165, 1.54) is 12.1 Å². The minimum atomic E-state index is -0.917. The predicted octanol–water partition coefficient (Wildman–Crippen LogP) is 6.18. The van der Waals surface area contributed by atoms with Crippen molar-refractivity contribution in [2.24, 2.45) is 5.92 Å². The molecule has 4 aromatic rings. The summed E-state index contributed by atoms with van der Waals surface area (Å²) in [6.45, 7) is 0.597. The lowest BCUT2D eigenvalue weighted by Gasteiger charge is -2.36. The van der Waals surface area contributed by atoms with Gasteiger partial charge in [0.1, 0.15) is 12.4 Å². The second kappa shape index (κ2) is 10.7.